The Morgan fingerprint density at radius 2 is 1.81 bits per heavy atom. The van der Waals surface area contributed by atoms with Crippen molar-refractivity contribution < 1.29 is 22.6 Å². The Morgan fingerprint density at radius 3 is 2.54 bits per heavy atom. The van der Waals surface area contributed by atoms with Crippen molar-refractivity contribution >= 4 is 20.9 Å². The van der Waals surface area contributed by atoms with Gasteiger partial charge in [-0.25, -0.2) is 8.42 Å². The third-order valence-electron chi connectivity index (χ3n) is 7.04. The van der Waals surface area contributed by atoms with Crippen LogP contribution in [0.1, 0.15) is 36.1 Å². The summed E-state index contributed by atoms with van der Waals surface area (Å²) in [4.78, 5) is 3.64. The fourth-order valence-electron chi connectivity index (χ4n) is 5.21. The lowest BCUT2D eigenvalue weighted by atomic mass is 9.90. The summed E-state index contributed by atoms with van der Waals surface area (Å²) in [5, 5.41) is 1.08. The van der Waals surface area contributed by atoms with Crippen LogP contribution in [0, 0.1) is 0 Å². The quantitative estimate of drug-likeness (QED) is 0.315. The first-order valence-electron chi connectivity index (χ1n) is 12.5. The van der Waals surface area contributed by atoms with Crippen molar-refractivity contribution in [2.45, 2.75) is 37.1 Å². The molecule has 37 heavy (non-hydrogen) atoms. The van der Waals surface area contributed by atoms with Crippen LogP contribution in [-0.2, 0) is 22.9 Å². The lowest BCUT2D eigenvalue weighted by molar-refractivity contribution is 0.284. The minimum atomic E-state index is -3.71. The number of aryl methyl sites for hydroxylation is 1. The molecule has 8 heteroatoms. The number of aromatic amines is 1. The second kappa shape index (κ2) is 10.5. The van der Waals surface area contributed by atoms with E-state index in [-0.39, 0.29) is 6.04 Å². The third kappa shape index (κ3) is 4.79. The van der Waals surface area contributed by atoms with Crippen molar-refractivity contribution in [3.8, 4) is 17.2 Å². The Morgan fingerprint density at radius 1 is 1.00 bits per heavy atom. The fraction of sp³-hybridized carbons (Fsp3) is 0.310. The van der Waals surface area contributed by atoms with Gasteiger partial charge in [-0.3, -0.25) is 0 Å². The van der Waals surface area contributed by atoms with Crippen LogP contribution >= 0.6 is 0 Å². The topological polar surface area (TPSA) is 80.9 Å². The molecular weight excluding hydrogens is 488 g/mol. The number of fused-ring (bicyclic) bond motifs is 2. The van der Waals surface area contributed by atoms with Gasteiger partial charge in [-0.1, -0.05) is 18.2 Å². The monoisotopic (exact) mass is 520 g/mol. The summed E-state index contributed by atoms with van der Waals surface area (Å²) in [5.41, 5.74) is 4.20. The molecule has 1 atom stereocenters. The molecule has 0 saturated carbocycles. The van der Waals surface area contributed by atoms with Crippen LogP contribution in [0.25, 0.3) is 10.9 Å². The van der Waals surface area contributed by atoms with Gasteiger partial charge in [0, 0.05) is 23.6 Å². The number of hydrogen-bond acceptors (Lipinski definition) is 5. The smallest absolute Gasteiger partial charge is 0.243 e. The Kier molecular flexibility index (Phi) is 7.13. The molecule has 0 fully saturated rings. The molecule has 0 unspecified atom stereocenters. The van der Waals surface area contributed by atoms with Crippen molar-refractivity contribution in [3.05, 3.63) is 83.6 Å². The number of methoxy groups -OCH3 is 2. The van der Waals surface area contributed by atoms with Crippen LogP contribution < -0.4 is 14.2 Å². The molecule has 2 heterocycles. The average molecular weight is 521 g/mol. The van der Waals surface area contributed by atoms with E-state index in [4.69, 9.17) is 14.2 Å². The van der Waals surface area contributed by atoms with Gasteiger partial charge in [0.25, 0.3) is 0 Å². The van der Waals surface area contributed by atoms with Crippen LogP contribution in [0.15, 0.2) is 71.8 Å². The van der Waals surface area contributed by atoms with Gasteiger partial charge in [-0.05, 0) is 85.3 Å². The lowest BCUT2D eigenvalue weighted by Crippen LogP contribution is -2.40. The van der Waals surface area contributed by atoms with Gasteiger partial charge >= 0.3 is 0 Å². The summed E-state index contributed by atoms with van der Waals surface area (Å²) >= 11 is 0. The molecule has 0 saturated heterocycles. The zero-order valence-corrected chi connectivity index (χ0v) is 22.2. The molecule has 0 aliphatic carbocycles. The minimum absolute atomic E-state index is 0.304. The van der Waals surface area contributed by atoms with E-state index in [0.717, 1.165) is 33.3 Å². The molecule has 7 nitrogen and oxygen atoms in total. The summed E-state index contributed by atoms with van der Waals surface area (Å²) in [6, 6.07) is 18.2. The average Bonchev–Trinajstić information content (AvgIpc) is 3.33. The number of hydrogen-bond donors (Lipinski definition) is 1. The van der Waals surface area contributed by atoms with E-state index in [0.29, 0.717) is 48.8 Å². The first-order valence-corrected chi connectivity index (χ1v) is 13.9. The molecule has 1 aromatic heterocycles. The minimum Gasteiger partial charge on any atom is -0.497 e. The van der Waals surface area contributed by atoms with E-state index >= 15 is 0 Å². The van der Waals surface area contributed by atoms with Gasteiger partial charge in [-0.2, -0.15) is 4.31 Å². The van der Waals surface area contributed by atoms with Crippen LogP contribution in [0.3, 0.4) is 0 Å². The van der Waals surface area contributed by atoms with Gasteiger partial charge in [0.2, 0.25) is 10.0 Å². The highest BCUT2D eigenvalue weighted by Gasteiger charge is 2.37. The van der Waals surface area contributed by atoms with Gasteiger partial charge in [0.15, 0.2) is 11.5 Å². The van der Waals surface area contributed by atoms with E-state index in [1.54, 1.807) is 42.8 Å². The molecule has 0 radical (unpaired) electrons. The predicted octanol–water partition coefficient (Wildman–Crippen LogP) is 5.50. The van der Waals surface area contributed by atoms with Crippen molar-refractivity contribution in [2.24, 2.45) is 0 Å². The molecule has 1 aliphatic heterocycles. The van der Waals surface area contributed by atoms with Gasteiger partial charge in [0.05, 0.1) is 31.8 Å². The largest absolute Gasteiger partial charge is 0.497 e. The zero-order chi connectivity index (χ0) is 26.0. The summed E-state index contributed by atoms with van der Waals surface area (Å²) in [6.07, 6.45) is 3.91. The number of nitrogens with zero attached hydrogens (tertiary/aromatic N) is 1. The number of benzene rings is 3. The van der Waals surface area contributed by atoms with Crippen molar-refractivity contribution in [1.29, 1.82) is 0 Å². The molecule has 194 valence electrons. The number of ether oxygens (including phenoxy) is 3. The molecule has 0 bridgehead atoms. The molecule has 3 aromatic carbocycles. The Bertz CT molecular complexity index is 1500. The molecule has 0 amide bonds. The number of nitrogens with one attached hydrogen (secondary N) is 1. The van der Waals surface area contributed by atoms with Crippen molar-refractivity contribution in [2.75, 3.05) is 27.4 Å². The predicted molar refractivity (Wildman–Crippen MR) is 144 cm³/mol. The highest BCUT2D eigenvalue weighted by Crippen LogP contribution is 2.42. The Balaban J connectivity index is 1.56. The van der Waals surface area contributed by atoms with Gasteiger partial charge in [0.1, 0.15) is 5.75 Å². The fourth-order valence-corrected chi connectivity index (χ4v) is 6.87. The van der Waals surface area contributed by atoms with Crippen LogP contribution in [0.4, 0.5) is 0 Å². The van der Waals surface area contributed by atoms with Crippen LogP contribution in [0.2, 0.25) is 0 Å². The summed E-state index contributed by atoms with van der Waals surface area (Å²) in [6.45, 7) is 2.81. The van der Waals surface area contributed by atoms with E-state index in [9.17, 15) is 8.42 Å². The maximum absolute atomic E-state index is 13.8. The van der Waals surface area contributed by atoms with Crippen molar-refractivity contribution in [3.63, 3.8) is 0 Å². The highest BCUT2D eigenvalue weighted by atomic mass is 32.2. The number of sulfonamides is 1. The van der Waals surface area contributed by atoms with Crippen molar-refractivity contribution in [1.82, 2.24) is 9.29 Å². The maximum atomic E-state index is 13.8. The summed E-state index contributed by atoms with van der Waals surface area (Å²) in [7, 11) is -0.423. The lowest BCUT2D eigenvalue weighted by Gasteiger charge is -2.37. The van der Waals surface area contributed by atoms with E-state index in [2.05, 4.69) is 4.98 Å². The SMILES string of the molecule is CCOc1cc2c(cc1OC)CCN(S(=O)(=O)c1ccccc1)[C@H]2CCc1c[nH]c2ccc(OC)cc12. The molecule has 1 aliphatic rings. The van der Waals surface area contributed by atoms with E-state index < -0.39 is 10.0 Å². The molecule has 0 spiro atoms. The van der Waals surface area contributed by atoms with E-state index in [1.165, 1.54) is 0 Å². The maximum Gasteiger partial charge on any atom is 0.243 e. The Labute approximate surface area is 218 Å². The number of aromatic nitrogens is 1. The molecule has 4 aromatic rings. The first kappa shape index (κ1) is 25.2. The van der Waals surface area contributed by atoms with Crippen LogP contribution in [0.5, 0.6) is 17.2 Å². The molecule has 5 rings (SSSR count). The van der Waals surface area contributed by atoms with Crippen LogP contribution in [-0.4, -0.2) is 45.1 Å². The molecule has 1 N–H and O–H groups in total. The molecular formula is C29H32N2O5S. The highest BCUT2D eigenvalue weighted by molar-refractivity contribution is 7.89. The second-order valence-electron chi connectivity index (χ2n) is 9.09. The second-order valence-corrected chi connectivity index (χ2v) is 11.0. The van der Waals surface area contributed by atoms with Gasteiger partial charge in [-0.15, -0.1) is 0 Å². The number of rotatable bonds is 9. The summed E-state index contributed by atoms with van der Waals surface area (Å²) < 4.78 is 46.2. The number of H-pyrrole nitrogens is 1. The third-order valence-corrected chi connectivity index (χ3v) is 8.97. The Hall–Kier alpha value is -3.49. The van der Waals surface area contributed by atoms with E-state index in [1.807, 2.05) is 49.5 Å². The summed E-state index contributed by atoms with van der Waals surface area (Å²) in [5.74, 6) is 2.09. The zero-order valence-electron chi connectivity index (χ0n) is 21.4. The normalized spacial score (nSPS) is 15.9. The van der Waals surface area contributed by atoms with Gasteiger partial charge < -0.3 is 19.2 Å². The first-order chi connectivity index (χ1) is 18.0. The standard InChI is InChI=1S/C29H32N2O5S/c1-4-36-29-18-25-20(16-28(29)35-3)14-15-31(37(32,33)23-8-6-5-7-9-23)27(25)13-10-21-19-30-26-12-11-22(34-2)17-24(21)26/h5-9,11-12,16-19,27,30H,4,10,13-15H2,1-3H3/t27-/m0/s1.